The molecule has 7 heterocycles. The van der Waals surface area contributed by atoms with E-state index in [1.54, 1.807) is 29.2 Å². The average molecular weight is 517 g/mol. The third-order valence-electron chi connectivity index (χ3n) is 8.13. The molecule has 2 N–H and O–H groups in total. The molecule has 3 aliphatic rings. The molecule has 3 fully saturated rings. The van der Waals surface area contributed by atoms with Crippen molar-refractivity contribution in [1.82, 2.24) is 35.1 Å². The molecule has 0 unspecified atom stereocenters. The summed E-state index contributed by atoms with van der Waals surface area (Å²) < 4.78 is 17.6. The minimum Gasteiger partial charge on any atom is -0.366 e. The molecule has 9 rings (SSSR count). The van der Waals surface area contributed by atoms with Gasteiger partial charge in [0.2, 0.25) is 0 Å². The Morgan fingerprint density at radius 3 is 2.67 bits per heavy atom. The number of nitrogens with one attached hydrogen (secondary N) is 2. The maximum absolute atomic E-state index is 15.9. The van der Waals surface area contributed by atoms with Crippen LogP contribution in [-0.4, -0.2) is 55.0 Å². The fourth-order valence-corrected chi connectivity index (χ4v) is 6.21. The second-order valence-electron chi connectivity index (χ2n) is 10.3. The molecule has 4 aromatic heterocycles. The van der Waals surface area contributed by atoms with Crippen molar-refractivity contribution < 1.29 is 4.39 Å². The van der Waals surface area contributed by atoms with Gasteiger partial charge in [-0.3, -0.25) is 10.1 Å². The summed E-state index contributed by atoms with van der Waals surface area (Å²) in [6.45, 7) is 1.87. The first-order valence-electron chi connectivity index (χ1n) is 13.2. The van der Waals surface area contributed by atoms with Gasteiger partial charge in [0.25, 0.3) is 0 Å². The van der Waals surface area contributed by atoms with Crippen LogP contribution in [0.4, 0.5) is 10.1 Å². The van der Waals surface area contributed by atoms with Gasteiger partial charge >= 0.3 is 0 Å². The van der Waals surface area contributed by atoms with E-state index < -0.39 is 0 Å². The molecule has 3 saturated heterocycles. The number of halogens is 1. The summed E-state index contributed by atoms with van der Waals surface area (Å²) >= 11 is 0. The van der Waals surface area contributed by atoms with Crippen LogP contribution in [0.15, 0.2) is 79.4 Å². The summed E-state index contributed by atoms with van der Waals surface area (Å²) in [5.74, 6) is -0.270. The van der Waals surface area contributed by atoms with E-state index in [9.17, 15) is 0 Å². The highest BCUT2D eigenvalue weighted by molar-refractivity contribution is 6.02. The summed E-state index contributed by atoms with van der Waals surface area (Å²) in [5, 5.41) is 16.9. The highest BCUT2D eigenvalue weighted by Crippen LogP contribution is 2.39. The van der Waals surface area contributed by atoms with Crippen LogP contribution in [-0.2, 0) is 0 Å². The normalized spacial score (nSPS) is 18.8. The van der Waals surface area contributed by atoms with E-state index in [2.05, 4.69) is 25.4 Å². The van der Waals surface area contributed by atoms with Crippen molar-refractivity contribution >= 4 is 22.2 Å². The molecule has 192 valence electrons. The first-order valence-corrected chi connectivity index (χ1v) is 13.2. The van der Waals surface area contributed by atoms with Crippen LogP contribution < -0.4 is 10.2 Å². The number of H-pyrrole nitrogens is 1. The summed E-state index contributed by atoms with van der Waals surface area (Å²) in [5.41, 5.74) is 7.11. The van der Waals surface area contributed by atoms with Gasteiger partial charge in [-0.2, -0.15) is 10.2 Å². The van der Waals surface area contributed by atoms with E-state index in [1.807, 2.05) is 54.7 Å². The maximum atomic E-state index is 15.9. The van der Waals surface area contributed by atoms with Crippen molar-refractivity contribution in [1.29, 1.82) is 0 Å². The quantitative estimate of drug-likeness (QED) is 0.340. The van der Waals surface area contributed by atoms with Gasteiger partial charge in [0.05, 0.1) is 23.0 Å². The minimum atomic E-state index is -0.270. The zero-order valence-corrected chi connectivity index (χ0v) is 21.0. The second-order valence-corrected chi connectivity index (χ2v) is 10.3. The molecule has 0 aliphatic carbocycles. The van der Waals surface area contributed by atoms with Gasteiger partial charge in [-0.15, -0.1) is 0 Å². The summed E-state index contributed by atoms with van der Waals surface area (Å²) in [7, 11) is 0. The highest BCUT2D eigenvalue weighted by atomic mass is 19.1. The number of piperidine rings is 2. The Hall–Kier alpha value is -4.63. The molecular weight excluding hydrogens is 491 g/mol. The first kappa shape index (κ1) is 22.4. The average Bonchev–Trinajstić information content (AvgIpc) is 3.63. The molecule has 8 nitrogen and oxygen atoms in total. The molecule has 9 heteroatoms. The third kappa shape index (κ3) is 3.54. The number of piperazine rings is 1. The molecule has 39 heavy (non-hydrogen) atoms. The lowest BCUT2D eigenvalue weighted by Gasteiger charge is -2.47. The number of aromatic nitrogens is 6. The molecule has 3 aliphatic heterocycles. The summed E-state index contributed by atoms with van der Waals surface area (Å²) in [6.07, 6.45) is 9.36. The predicted molar refractivity (Wildman–Crippen MR) is 149 cm³/mol. The Bertz CT molecular complexity index is 1830. The van der Waals surface area contributed by atoms with Crippen LogP contribution in [0.2, 0.25) is 0 Å². The number of hydrogen-bond donors (Lipinski definition) is 2. The number of aromatic amines is 1. The number of anilines is 1. The Kier molecular flexibility index (Phi) is 4.99. The molecule has 2 bridgehead atoms. The van der Waals surface area contributed by atoms with Gasteiger partial charge in [-0.25, -0.2) is 13.9 Å². The van der Waals surface area contributed by atoms with Gasteiger partial charge in [0, 0.05) is 66.0 Å². The van der Waals surface area contributed by atoms with Crippen LogP contribution >= 0.6 is 0 Å². The topological polar surface area (TPSA) is 87.0 Å². The van der Waals surface area contributed by atoms with Crippen molar-refractivity contribution in [2.45, 2.75) is 24.9 Å². The van der Waals surface area contributed by atoms with Crippen LogP contribution in [0.25, 0.3) is 50.2 Å². The van der Waals surface area contributed by atoms with Crippen molar-refractivity contribution in [3.05, 3.63) is 85.2 Å². The number of benzene rings is 2. The molecule has 0 spiro atoms. The van der Waals surface area contributed by atoms with Crippen LogP contribution in [0, 0.1) is 5.82 Å². The molecule has 0 amide bonds. The van der Waals surface area contributed by atoms with Gasteiger partial charge < -0.3 is 10.2 Å². The maximum Gasteiger partial charge on any atom is 0.164 e. The van der Waals surface area contributed by atoms with Gasteiger partial charge in [-0.1, -0.05) is 12.1 Å². The Morgan fingerprint density at radius 2 is 1.87 bits per heavy atom. The van der Waals surface area contributed by atoms with Crippen LogP contribution in [0.3, 0.4) is 0 Å². The number of hydrogen-bond acceptors (Lipinski definition) is 6. The molecule has 0 radical (unpaired) electrons. The molecule has 6 aromatic rings. The standard InChI is InChI=1S/C30H25FN8/c31-25-14-20(38-17-19-4-5-21(38)15-34-19)6-7-23(25)27-10-13-33-30-28(22-2-1-3-26-24(22)16-35-36-26)29(37-39(27)30)18-8-11-32-12-9-18/h1-3,6-14,16,19,21,34H,4-5,15,17H2,(H,35,36)/t19-,21+/m0/s1. The van der Waals surface area contributed by atoms with Crippen LogP contribution in [0.5, 0.6) is 0 Å². The van der Waals surface area contributed by atoms with E-state index in [0.29, 0.717) is 29.0 Å². The Labute approximate surface area is 223 Å². The van der Waals surface area contributed by atoms with Crippen LogP contribution in [0.1, 0.15) is 12.8 Å². The number of nitrogens with zero attached hydrogens (tertiary/aromatic N) is 6. The lowest BCUT2D eigenvalue weighted by molar-refractivity contribution is 0.290. The zero-order valence-electron chi connectivity index (χ0n) is 21.0. The number of rotatable bonds is 4. The molecule has 2 aromatic carbocycles. The Morgan fingerprint density at radius 1 is 0.949 bits per heavy atom. The largest absolute Gasteiger partial charge is 0.366 e. The summed E-state index contributed by atoms with van der Waals surface area (Å²) in [4.78, 5) is 11.3. The van der Waals surface area contributed by atoms with Crippen molar-refractivity contribution in [3.8, 4) is 33.6 Å². The van der Waals surface area contributed by atoms with Gasteiger partial charge in [0.1, 0.15) is 11.5 Å². The fraction of sp³-hybridized carbons (Fsp3) is 0.200. The van der Waals surface area contributed by atoms with E-state index in [4.69, 9.17) is 10.1 Å². The highest BCUT2D eigenvalue weighted by Gasteiger charge is 2.33. The minimum absolute atomic E-state index is 0.270. The van der Waals surface area contributed by atoms with Crippen molar-refractivity contribution in [2.24, 2.45) is 0 Å². The molecule has 0 saturated carbocycles. The van der Waals surface area contributed by atoms with E-state index >= 15 is 4.39 Å². The number of pyridine rings is 1. The SMILES string of the molecule is Fc1cc(N2C[C@@H]3CC[C@@H]2CN3)ccc1-c1ccnc2c(-c3cccc4[nH]ncc34)c(-c3ccncc3)nn12. The van der Waals surface area contributed by atoms with Crippen molar-refractivity contribution in [3.63, 3.8) is 0 Å². The lowest BCUT2D eigenvalue weighted by Crippen LogP contribution is -2.61. The molecule has 2 atom stereocenters. The van der Waals surface area contributed by atoms with Gasteiger partial charge in [0.15, 0.2) is 5.65 Å². The Balaban J connectivity index is 1.31. The fourth-order valence-electron chi connectivity index (χ4n) is 6.21. The zero-order chi connectivity index (χ0) is 25.9. The monoisotopic (exact) mass is 516 g/mol. The third-order valence-corrected chi connectivity index (χ3v) is 8.13. The lowest BCUT2D eigenvalue weighted by atomic mass is 9.92. The number of fused-ring (bicyclic) bond motifs is 5. The van der Waals surface area contributed by atoms with Gasteiger partial charge in [-0.05, 0) is 60.9 Å². The second kappa shape index (κ2) is 8.71. The van der Waals surface area contributed by atoms with Crippen molar-refractivity contribution in [2.75, 3.05) is 18.0 Å². The summed E-state index contributed by atoms with van der Waals surface area (Å²) in [6, 6.07) is 18.2. The van der Waals surface area contributed by atoms with E-state index in [1.165, 1.54) is 6.42 Å². The molecular formula is C30H25FN8. The first-order chi connectivity index (χ1) is 19.2. The predicted octanol–water partition coefficient (Wildman–Crippen LogP) is 5.08. The smallest absolute Gasteiger partial charge is 0.164 e. The van der Waals surface area contributed by atoms with E-state index in [-0.39, 0.29) is 5.82 Å². The van der Waals surface area contributed by atoms with E-state index in [0.717, 1.165) is 58.5 Å².